The van der Waals surface area contributed by atoms with Crippen LogP contribution in [-0.2, 0) is 13.0 Å². The Labute approximate surface area is 146 Å². The average Bonchev–Trinajstić information content (AvgIpc) is 3.11. The van der Waals surface area contributed by atoms with E-state index in [0.29, 0.717) is 30.5 Å². The largest absolute Gasteiger partial charge is 0.331 e. The molecule has 6 heteroatoms. The van der Waals surface area contributed by atoms with Crippen molar-refractivity contribution in [3.63, 3.8) is 0 Å². The second kappa shape index (κ2) is 6.41. The van der Waals surface area contributed by atoms with Gasteiger partial charge in [0.15, 0.2) is 5.84 Å². The van der Waals surface area contributed by atoms with Crippen molar-refractivity contribution in [2.45, 2.75) is 18.6 Å². The third-order valence-electron chi connectivity index (χ3n) is 4.13. The molecule has 6 nitrogen and oxygen atoms in total. The second-order valence-corrected chi connectivity index (χ2v) is 6.04. The zero-order valence-electron chi connectivity index (χ0n) is 13.6. The highest BCUT2D eigenvalue weighted by atomic mass is 15.3. The average molecular weight is 330 g/mol. The Kier molecular flexibility index (Phi) is 3.95. The molecule has 25 heavy (non-hydrogen) atoms. The fourth-order valence-corrected chi connectivity index (χ4v) is 2.91. The third-order valence-corrected chi connectivity index (χ3v) is 4.13. The van der Waals surface area contributed by atoms with Gasteiger partial charge in [0.05, 0.1) is 6.54 Å². The Balaban J connectivity index is 1.62. The molecule has 4 rings (SSSR count). The molecule has 124 valence electrons. The maximum atomic E-state index is 6.65. The summed E-state index contributed by atoms with van der Waals surface area (Å²) in [5.41, 5.74) is 8.63. The molecule has 1 atom stereocenters. The fraction of sp³-hybridized carbons (Fsp3) is 0.158. The smallest absolute Gasteiger partial charge is 0.222 e. The molecule has 0 amide bonds. The molecular formula is C19H18N6. The summed E-state index contributed by atoms with van der Waals surface area (Å²) >= 11 is 0. The van der Waals surface area contributed by atoms with E-state index in [1.165, 1.54) is 6.34 Å². The van der Waals surface area contributed by atoms with Crippen molar-refractivity contribution in [3.05, 3.63) is 71.8 Å². The summed E-state index contributed by atoms with van der Waals surface area (Å²) in [6, 6.07) is 20.1. The van der Waals surface area contributed by atoms with Gasteiger partial charge in [0, 0.05) is 6.42 Å². The lowest BCUT2D eigenvalue weighted by Gasteiger charge is -2.34. The minimum atomic E-state index is -0.884. The number of rotatable bonds is 4. The van der Waals surface area contributed by atoms with E-state index in [4.69, 9.17) is 5.73 Å². The fourth-order valence-electron chi connectivity index (χ4n) is 2.91. The molecule has 0 radical (unpaired) electrons. The number of nitrogens with one attached hydrogen (secondary N) is 1. The van der Waals surface area contributed by atoms with E-state index in [1.54, 1.807) is 0 Å². The monoisotopic (exact) mass is 330 g/mol. The van der Waals surface area contributed by atoms with Gasteiger partial charge in [-0.3, -0.25) is 0 Å². The van der Waals surface area contributed by atoms with Gasteiger partial charge in [0.25, 0.3) is 0 Å². The minimum Gasteiger partial charge on any atom is -0.331 e. The standard InChI is InChI=1S/C19H18N6/c20-19(11-14-7-3-1-4-8-14)16-17(23-13-22-16)24-18(25-19)21-12-15-9-5-2-6-10-15/h1-10,13H,11-12,20H2,(H,21,25). The summed E-state index contributed by atoms with van der Waals surface area (Å²) < 4.78 is 0. The summed E-state index contributed by atoms with van der Waals surface area (Å²) in [5.74, 6) is 1.01. The van der Waals surface area contributed by atoms with Gasteiger partial charge in [0.2, 0.25) is 5.96 Å². The number of nitrogens with two attached hydrogens (primary N) is 1. The highest BCUT2D eigenvalue weighted by Crippen LogP contribution is 2.18. The van der Waals surface area contributed by atoms with E-state index < -0.39 is 5.66 Å². The van der Waals surface area contributed by atoms with Gasteiger partial charge in [-0.1, -0.05) is 60.7 Å². The lowest BCUT2D eigenvalue weighted by Crippen LogP contribution is -2.66. The van der Waals surface area contributed by atoms with Crippen LogP contribution in [0.3, 0.4) is 0 Å². The van der Waals surface area contributed by atoms with E-state index in [9.17, 15) is 0 Å². The van der Waals surface area contributed by atoms with Gasteiger partial charge in [-0.05, 0) is 11.1 Å². The van der Waals surface area contributed by atoms with E-state index in [2.05, 4.69) is 25.3 Å². The first-order chi connectivity index (χ1) is 12.2. The lowest BCUT2D eigenvalue weighted by molar-refractivity contribution is 0.522. The molecule has 2 aliphatic heterocycles. The van der Waals surface area contributed by atoms with Crippen LogP contribution in [0.2, 0.25) is 0 Å². The first kappa shape index (κ1) is 15.4. The molecule has 2 aromatic carbocycles. The van der Waals surface area contributed by atoms with Crippen LogP contribution < -0.4 is 11.1 Å². The molecule has 0 spiro atoms. The summed E-state index contributed by atoms with van der Waals surface area (Å²) in [6.45, 7) is 0.525. The maximum Gasteiger partial charge on any atom is 0.222 e. The normalized spacial score (nSPS) is 23.0. The first-order valence-corrected chi connectivity index (χ1v) is 8.12. The molecule has 3 N–H and O–H groups in total. The van der Waals surface area contributed by atoms with Gasteiger partial charge in [-0.25, -0.2) is 15.0 Å². The minimum absolute atomic E-state index is 0.482. The molecule has 0 saturated heterocycles. The molecule has 0 bridgehead atoms. The Morgan fingerprint density at radius 2 is 1.64 bits per heavy atom. The quantitative estimate of drug-likeness (QED) is 0.897. The molecular weight excluding hydrogens is 312 g/mol. The van der Waals surface area contributed by atoms with Gasteiger partial charge < -0.3 is 11.1 Å². The number of hydrogen-bond donors (Lipinski definition) is 2. The molecule has 2 aromatic rings. The van der Waals surface area contributed by atoms with Crippen LogP contribution in [0.25, 0.3) is 0 Å². The van der Waals surface area contributed by atoms with Crippen molar-refractivity contribution in [1.82, 2.24) is 5.32 Å². The summed E-state index contributed by atoms with van der Waals surface area (Å²) in [6.07, 6.45) is 2.06. The highest BCUT2D eigenvalue weighted by Gasteiger charge is 2.40. The van der Waals surface area contributed by atoms with Crippen LogP contribution in [0.1, 0.15) is 11.1 Å². The second-order valence-electron chi connectivity index (χ2n) is 6.04. The van der Waals surface area contributed by atoms with Gasteiger partial charge in [0.1, 0.15) is 17.7 Å². The Morgan fingerprint density at radius 3 is 2.36 bits per heavy atom. The predicted octanol–water partition coefficient (Wildman–Crippen LogP) is 1.92. The third kappa shape index (κ3) is 3.25. The number of benzene rings is 2. The van der Waals surface area contributed by atoms with Gasteiger partial charge >= 0.3 is 0 Å². The van der Waals surface area contributed by atoms with Crippen molar-refractivity contribution in [2.75, 3.05) is 0 Å². The zero-order chi connectivity index (χ0) is 17.1. The highest BCUT2D eigenvalue weighted by molar-refractivity contribution is 6.51. The number of nitrogens with zero attached hydrogens (tertiary/aromatic N) is 4. The van der Waals surface area contributed by atoms with Gasteiger partial charge in [-0.15, -0.1) is 0 Å². The number of amidine groups is 1. The van der Waals surface area contributed by atoms with Crippen LogP contribution in [-0.4, -0.2) is 29.5 Å². The van der Waals surface area contributed by atoms with E-state index in [0.717, 1.165) is 11.1 Å². The number of guanidine groups is 1. The maximum absolute atomic E-state index is 6.65. The zero-order valence-corrected chi connectivity index (χ0v) is 13.6. The number of fused-ring (bicyclic) bond motifs is 1. The van der Waals surface area contributed by atoms with Crippen LogP contribution in [0.4, 0.5) is 0 Å². The first-order valence-electron chi connectivity index (χ1n) is 8.12. The molecule has 1 unspecified atom stereocenters. The number of aliphatic imine (C=N–C) groups is 4. The topological polar surface area (TPSA) is 87.5 Å². The molecule has 2 aliphatic rings. The van der Waals surface area contributed by atoms with E-state index in [1.807, 2.05) is 60.7 Å². The molecule has 0 aromatic heterocycles. The Morgan fingerprint density at radius 1 is 0.960 bits per heavy atom. The van der Waals surface area contributed by atoms with E-state index in [-0.39, 0.29) is 0 Å². The Hall–Kier alpha value is -3.12. The van der Waals surface area contributed by atoms with Crippen molar-refractivity contribution in [2.24, 2.45) is 25.7 Å². The van der Waals surface area contributed by atoms with Crippen LogP contribution >= 0.6 is 0 Å². The number of hydrogen-bond acceptors (Lipinski definition) is 4. The van der Waals surface area contributed by atoms with Crippen molar-refractivity contribution in [3.8, 4) is 0 Å². The molecule has 0 fully saturated rings. The van der Waals surface area contributed by atoms with Crippen LogP contribution in [0.15, 0.2) is 80.6 Å². The summed E-state index contributed by atoms with van der Waals surface area (Å²) in [5, 5.41) is 3.25. The van der Waals surface area contributed by atoms with E-state index >= 15 is 0 Å². The lowest BCUT2D eigenvalue weighted by atomic mass is 9.93. The van der Waals surface area contributed by atoms with Gasteiger partial charge in [-0.2, -0.15) is 4.99 Å². The van der Waals surface area contributed by atoms with Crippen LogP contribution in [0.5, 0.6) is 0 Å². The van der Waals surface area contributed by atoms with Crippen LogP contribution in [0, 0.1) is 0 Å². The summed E-state index contributed by atoms with van der Waals surface area (Å²) in [7, 11) is 0. The summed E-state index contributed by atoms with van der Waals surface area (Å²) in [4.78, 5) is 17.5. The van der Waals surface area contributed by atoms with Crippen molar-refractivity contribution < 1.29 is 0 Å². The molecule has 0 saturated carbocycles. The predicted molar refractivity (Wildman–Crippen MR) is 101 cm³/mol. The van der Waals surface area contributed by atoms with Crippen molar-refractivity contribution >= 4 is 23.8 Å². The Bertz CT molecular complexity index is 883. The molecule has 0 aliphatic carbocycles. The SMILES string of the molecule is NC1(Cc2ccccc2)NC(=NCc2ccccc2)N=C2N=CN=C21. The van der Waals surface area contributed by atoms with Crippen molar-refractivity contribution in [1.29, 1.82) is 0 Å². The molecule has 2 heterocycles.